The van der Waals surface area contributed by atoms with Crippen molar-refractivity contribution in [2.45, 2.75) is 0 Å². The van der Waals surface area contributed by atoms with Gasteiger partial charge in [0.1, 0.15) is 11.2 Å². The van der Waals surface area contributed by atoms with E-state index in [1.54, 1.807) is 11.6 Å². The normalized spacial score (nSPS) is 14.7. The summed E-state index contributed by atoms with van der Waals surface area (Å²) >= 11 is 1.44. The lowest BCUT2D eigenvalue weighted by molar-refractivity contribution is 0.0741. The molecule has 28 heavy (non-hydrogen) atoms. The lowest BCUT2D eigenvalue weighted by atomic mass is 10.2. The van der Waals surface area contributed by atoms with Gasteiger partial charge >= 0.3 is 0 Å². The van der Waals surface area contributed by atoms with E-state index in [0.717, 1.165) is 27.1 Å². The minimum Gasteiger partial charge on any atom is -0.368 e. The highest BCUT2D eigenvalue weighted by Crippen LogP contribution is 2.27. The fourth-order valence-electron chi connectivity index (χ4n) is 3.45. The number of thiazole rings is 1. The summed E-state index contributed by atoms with van der Waals surface area (Å²) in [6.07, 6.45) is 0. The number of amides is 1. The number of nitrogen functional groups attached to an aromatic ring is 1. The Hall–Kier alpha value is -3.33. The van der Waals surface area contributed by atoms with Crippen LogP contribution in [-0.4, -0.2) is 56.9 Å². The fourth-order valence-corrected chi connectivity index (χ4v) is 4.11. The molecule has 0 atom stereocenters. The Balaban J connectivity index is 1.34. The van der Waals surface area contributed by atoms with Crippen LogP contribution in [0.2, 0.25) is 0 Å². The Bertz CT molecular complexity index is 1180. The molecular weight excluding hydrogens is 374 g/mol. The SMILES string of the molecule is Nc1nc(N2CCN(C(=O)c3ccc4ccccc4n3)CC2)c2ncsc2n1. The van der Waals surface area contributed by atoms with Gasteiger partial charge in [0, 0.05) is 31.6 Å². The summed E-state index contributed by atoms with van der Waals surface area (Å²) in [6.45, 7) is 2.48. The van der Waals surface area contributed by atoms with Crippen molar-refractivity contribution in [2.75, 3.05) is 36.8 Å². The van der Waals surface area contributed by atoms with E-state index in [-0.39, 0.29) is 11.9 Å². The molecule has 8 nitrogen and oxygen atoms in total. The molecule has 1 fully saturated rings. The van der Waals surface area contributed by atoms with Crippen molar-refractivity contribution in [3.63, 3.8) is 0 Å². The van der Waals surface area contributed by atoms with Gasteiger partial charge in [-0.05, 0) is 12.1 Å². The molecule has 0 bridgehead atoms. The Kier molecular flexibility index (Phi) is 4.01. The molecule has 0 aliphatic carbocycles. The molecule has 1 aromatic carbocycles. The van der Waals surface area contributed by atoms with Crippen molar-refractivity contribution in [3.8, 4) is 0 Å². The maximum absolute atomic E-state index is 12.9. The van der Waals surface area contributed by atoms with Crippen molar-refractivity contribution < 1.29 is 4.79 Å². The number of nitrogens with zero attached hydrogens (tertiary/aromatic N) is 6. The van der Waals surface area contributed by atoms with E-state index in [4.69, 9.17) is 5.73 Å². The van der Waals surface area contributed by atoms with Crippen LogP contribution in [0.15, 0.2) is 41.9 Å². The number of aromatic nitrogens is 4. The summed E-state index contributed by atoms with van der Waals surface area (Å²) in [5.41, 5.74) is 9.65. The van der Waals surface area contributed by atoms with Crippen LogP contribution >= 0.6 is 11.3 Å². The maximum Gasteiger partial charge on any atom is 0.272 e. The molecule has 2 N–H and O–H groups in total. The molecule has 0 radical (unpaired) electrons. The Morgan fingerprint density at radius 2 is 1.82 bits per heavy atom. The zero-order valence-corrected chi connectivity index (χ0v) is 15.8. The van der Waals surface area contributed by atoms with Crippen LogP contribution < -0.4 is 10.6 Å². The number of carbonyl (C=O) groups excluding carboxylic acids is 1. The van der Waals surface area contributed by atoms with Gasteiger partial charge in [-0.25, -0.2) is 15.0 Å². The van der Waals surface area contributed by atoms with Crippen molar-refractivity contribution in [3.05, 3.63) is 47.6 Å². The van der Waals surface area contributed by atoms with E-state index in [9.17, 15) is 4.79 Å². The molecule has 1 aliphatic rings. The van der Waals surface area contributed by atoms with Gasteiger partial charge in [-0.3, -0.25) is 4.79 Å². The number of pyridine rings is 1. The van der Waals surface area contributed by atoms with Crippen molar-refractivity contribution >= 4 is 50.3 Å². The number of hydrogen-bond acceptors (Lipinski definition) is 8. The van der Waals surface area contributed by atoms with E-state index >= 15 is 0 Å². The number of para-hydroxylation sites is 1. The predicted octanol–water partition coefficient (Wildman–Crippen LogP) is 2.18. The smallest absolute Gasteiger partial charge is 0.272 e. The number of nitrogens with two attached hydrogens (primary N) is 1. The van der Waals surface area contributed by atoms with Crippen molar-refractivity contribution in [1.82, 2.24) is 24.8 Å². The third-order valence-corrected chi connectivity index (χ3v) is 5.60. The number of hydrogen-bond donors (Lipinski definition) is 1. The molecule has 1 saturated heterocycles. The quantitative estimate of drug-likeness (QED) is 0.559. The Labute approximate surface area is 164 Å². The van der Waals surface area contributed by atoms with Gasteiger partial charge < -0.3 is 15.5 Å². The number of benzene rings is 1. The average molecular weight is 391 g/mol. The Morgan fingerprint density at radius 3 is 2.68 bits per heavy atom. The lowest BCUT2D eigenvalue weighted by Crippen LogP contribution is -2.49. The van der Waals surface area contributed by atoms with Crippen molar-refractivity contribution in [1.29, 1.82) is 0 Å². The van der Waals surface area contributed by atoms with Gasteiger partial charge in [0.2, 0.25) is 5.95 Å². The van der Waals surface area contributed by atoms with E-state index in [0.29, 0.717) is 31.9 Å². The standard InChI is InChI=1S/C19H17N7OS/c20-19-23-16(15-17(24-19)28-11-21-15)25-7-9-26(10-8-25)18(27)14-6-5-12-3-1-2-4-13(12)22-14/h1-6,11H,7-10H2,(H2,20,23,24). The first-order valence-electron chi connectivity index (χ1n) is 8.96. The molecule has 4 heterocycles. The van der Waals surface area contributed by atoms with Crippen LogP contribution in [-0.2, 0) is 0 Å². The van der Waals surface area contributed by atoms with Gasteiger partial charge in [-0.1, -0.05) is 24.3 Å². The molecule has 9 heteroatoms. The van der Waals surface area contributed by atoms with Gasteiger partial charge in [0.05, 0.1) is 11.0 Å². The van der Waals surface area contributed by atoms with Gasteiger partial charge in [0.25, 0.3) is 5.91 Å². The summed E-state index contributed by atoms with van der Waals surface area (Å²) in [6, 6.07) is 11.5. The molecule has 0 unspecified atom stereocenters. The molecule has 1 amide bonds. The van der Waals surface area contributed by atoms with Crippen LogP contribution in [0.3, 0.4) is 0 Å². The van der Waals surface area contributed by atoms with E-state index < -0.39 is 0 Å². The van der Waals surface area contributed by atoms with Gasteiger partial charge in [0.15, 0.2) is 10.6 Å². The highest BCUT2D eigenvalue weighted by Gasteiger charge is 2.25. The first-order valence-corrected chi connectivity index (χ1v) is 9.84. The highest BCUT2D eigenvalue weighted by atomic mass is 32.1. The second-order valence-corrected chi connectivity index (χ2v) is 7.41. The zero-order valence-electron chi connectivity index (χ0n) is 14.9. The predicted molar refractivity (Wildman–Crippen MR) is 109 cm³/mol. The minimum absolute atomic E-state index is 0.0496. The van der Waals surface area contributed by atoms with Gasteiger partial charge in [-0.2, -0.15) is 4.98 Å². The third kappa shape index (κ3) is 2.89. The lowest BCUT2D eigenvalue weighted by Gasteiger charge is -2.35. The molecule has 5 rings (SSSR count). The third-order valence-electron chi connectivity index (χ3n) is 4.88. The maximum atomic E-state index is 12.9. The van der Waals surface area contributed by atoms with E-state index in [1.807, 2.05) is 35.2 Å². The van der Waals surface area contributed by atoms with Crippen molar-refractivity contribution in [2.24, 2.45) is 0 Å². The fraction of sp³-hybridized carbons (Fsp3) is 0.211. The molecule has 0 saturated carbocycles. The molecule has 1 aliphatic heterocycles. The zero-order chi connectivity index (χ0) is 19.1. The van der Waals surface area contributed by atoms with Crippen LogP contribution in [0.5, 0.6) is 0 Å². The average Bonchev–Trinajstić information content (AvgIpc) is 3.21. The number of fused-ring (bicyclic) bond motifs is 2. The molecule has 0 spiro atoms. The minimum atomic E-state index is -0.0496. The molecule has 4 aromatic rings. The summed E-state index contributed by atoms with van der Waals surface area (Å²) in [4.78, 5) is 35.1. The number of carbonyl (C=O) groups is 1. The summed E-state index contributed by atoms with van der Waals surface area (Å²) in [5.74, 6) is 0.928. The first-order chi connectivity index (χ1) is 13.7. The topological polar surface area (TPSA) is 101 Å². The highest BCUT2D eigenvalue weighted by molar-refractivity contribution is 7.16. The number of piperazine rings is 1. The second kappa shape index (κ2) is 6.68. The van der Waals surface area contributed by atoms with Crippen LogP contribution in [0, 0.1) is 0 Å². The Morgan fingerprint density at radius 1 is 1.00 bits per heavy atom. The van der Waals surface area contributed by atoms with Gasteiger partial charge in [-0.15, -0.1) is 11.3 Å². The molecular formula is C19H17N7OS. The van der Waals surface area contributed by atoms with E-state index in [2.05, 4.69) is 24.8 Å². The summed E-state index contributed by atoms with van der Waals surface area (Å²) in [5, 5.41) is 1.03. The summed E-state index contributed by atoms with van der Waals surface area (Å²) < 4.78 is 0. The first kappa shape index (κ1) is 16.8. The van der Waals surface area contributed by atoms with E-state index in [1.165, 1.54) is 11.3 Å². The number of anilines is 2. The summed E-state index contributed by atoms with van der Waals surface area (Å²) in [7, 11) is 0. The number of rotatable bonds is 2. The molecule has 3 aromatic heterocycles. The molecule has 140 valence electrons. The second-order valence-electron chi connectivity index (χ2n) is 6.58. The van der Waals surface area contributed by atoms with Crippen LogP contribution in [0.4, 0.5) is 11.8 Å². The van der Waals surface area contributed by atoms with Crippen LogP contribution in [0.25, 0.3) is 21.3 Å². The van der Waals surface area contributed by atoms with Crippen LogP contribution in [0.1, 0.15) is 10.5 Å². The largest absolute Gasteiger partial charge is 0.368 e. The monoisotopic (exact) mass is 391 g/mol.